The van der Waals surface area contributed by atoms with Crippen LogP contribution in [0.5, 0.6) is 5.75 Å². The Hall–Kier alpha value is -1.84. The Kier molecular flexibility index (Phi) is 3.89. The summed E-state index contributed by atoms with van der Waals surface area (Å²) in [4.78, 5) is 23.3. The van der Waals surface area contributed by atoms with Crippen molar-refractivity contribution < 1.29 is 19.4 Å². The van der Waals surface area contributed by atoms with Crippen molar-refractivity contribution in [2.24, 2.45) is 5.41 Å². The number of ether oxygens (including phenoxy) is 1. The fraction of sp³-hybridized carbons (Fsp3) is 0.385. The number of Topliss-reactive ketones (excluding diaryl/α,β-unsaturated/α-hetero) is 1. The van der Waals surface area contributed by atoms with Crippen molar-refractivity contribution >= 4 is 11.8 Å². The van der Waals surface area contributed by atoms with Gasteiger partial charge in [-0.3, -0.25) is 9.59 Å². The molecule has 1 rings (SSSR count). The van der Waals surface area contributed by atoms with E-state index in [-0.39, 0.29) is 18.0 Å². The lowest BCUT2D eigenvalue weighted by Crippen LogP contribution is -2.38. The molecule has 17 heavy (non-hydrogen) atoms. The maximum atomic E-state index is 11.7. The highest BCUT2D eigenvalue weighted by molar-refractivity contribution is 6.02. The number of carbonyl (C=O) groups excluding carboxylic acids is 2. The van der Waals surface area contributed by atoms with Gasteiger partial charge >= 0.3 is 5.97 Å². The van der Waals surface area contributed by atoms with Crippen molar-refractivity contribution in [3.8, 4) is 5.75 Å². The van der Waals surface area contributed by atoms with Gasteiger partial charge in [-0.2, -0.15) is 0 Å². The first-order valence-electron chi connectivity index (χ1n) is 5.27. The minimum atomic E-state index is -1.21. The number of methoxy groups -OCH3 is 1. The SMILES string of the molecule is COC(=O)C(C)(Cc1cccc(O)c1)C(C)=O. The van der Waals surface area contributed by atoms with Crippen molar-refractivity contribution in [1.82, 2.24) is 0 Å². The molecule has 0 amide bonds. The summed E-state index contributed by atoms with van der Waals surface area (Å²) < 4.78 is 4.66. The van der Waals surface area contributed by atoms with Gasteiger partial charge in [-0.05, 0) is 38.0 Å². The lowest BCUT2D eigenvalue weighted by Gasteiger charge is -2.23. The van der Waals surface area contributed by atoms with Gasteiger partial charge in [0, 0.05) is 0 Å². The molecule has 0 aliphatic carbocycles. The van der Waals surface area contributed by atoms with E-state index in [1.54, 1.807) is 19.1 Å². The number of phenolic OH excluding ortho intramolecular Hbond substituents is 1. The molecule has 0 fully saturated rings. The number of rotatable bonds is 4. The zero-order chi connectivity index (χ0) is 13.1. The van der Waals surface area contributed by atoms with Gasteiger partial charge in [-0.25, -0.2) is 0 Å². The van der Waals surface area contributed by atoms with E-state index in [1.807, 2.05) is 0 Å². The van der Waals surface area contributed by atoms with Gasteiger partial charge in [0.05, 0.1) is 7.11 Å². The van der Waals surface area contributed by atoms with Gasteiger partial charge in [0.1, 0.15) is 16.9 Å². The maximum absolute atomic E-state index is 11.7. The second kappa shape index (κ2) is 4.99. The zero-order valence-electron chi connectivity index (χ0n) is 10.2. The number of carbonyl (C=O) groups is 2. The molecule has 0 radical (unpaired) electrons. The normalized spacial score (nSPS) is 13.8. The van der Waals surface area contributed by atoms with Crippen molar-refractivity contribution in [3.63, 3.8) is 0 Å². The summed E-state index contributed by atoms with van der Waals surface area (Å²) in [5.41, 5.74) is -0.490. The molecule has 1 atom stereocenters. The fourth-order valence-corrected chi connectivity index (χ4v) is 1.64. The summed E-state index contributed by atoms with van der Waals surface area (Å²) in [6, 6.07) is 6.49. The number of hydrogen-bond acceptors (Lipinski definition) is 4. The van der Waals surface area contributed by atoms with Crippen LogP contribution < -0.4 is 0 Å². The Bertz CT molecular complexity index is 439. The number of benzene rings is 1. The van der Waals surface area contributed by atoms with Gasteiger partial charge in [0.15, 0.2) is 0 Å². The van der Waals surface area contributed by atoms with E-state index in [0.717, 1.165) is 0 Å². The van der Waals surface area contributed by atoms with Crippen molar-refractivity contribution in [2.75, 3.05) is 7.11 Å². The third-order valence-electron chi connectivity index (χ3n) is 2.88. The Morgan fingerprint density at radius 1 is 1.41 bits per heavy atom. The first-order valence-corrected chi connectivity index (χ1v) is 5.27. The monoisotopic (exact) mass is 236 g/mol. The predicted octanol–water partition coefficient (Wildman–Crippen LogP) is 1.70. The van der Waals surface area contributed by atoms with Crippen LogP contribution in [0, 0.1) is 5.41 Å². The summed E-state index contributed by atoms with van der Waals surface area (Å²) in [6.07, 6.45) is 0.212. The molecule has 0 aromatic heterocycles. The van der Waals surface area contributed by atoms with Gasteiger partial charge in [0.25, 0.3) is 0 Å². The molecule has 0 spiro atoms. The quantitative estimate of drug-likeness (QED) is 0.638. The molecule has 0 saturated carbocycles. The van der Waals surface area contributed by atoms with Crippen LogP contribution in [0.15, 0.2) is 24.3 Å². The molecule has 1 N–H and O–H groups in total. The maximum Gasteiger partial charge on any atom is 0.319 e. The Morgan fingerprint density at radius 2 is 2.06 bits per heavy atom. The number of aromatic hydroxyl groups is 1. The van der Waals surface area contributed by atoms with Crippen LogP contribution in [0.3, 0.4) is 0 Å². The van der Waals surface area contributed by atoms with Gasteiger partial charge in [0.2, 0.25) is 0 Å². The summed E-state index contributed by atoms with van der Waals surface area (Å²) in [5.74, 6) is -0.709. The summed E-state index contributed by atoms with van der Waals surface area (Å²) >= 11 is 0. The molecule has 92 valence electrons. The molecular formula is C13H16O4. The molecule has 0 bridgehead atoms. The second-order valence-electron chi connectivity index (χ2n) is 4.23. The average molecular weight is 236 g/mol. The summed E-state index contributed by atoms with van der Waals surface area (Å²) in [5, 5.41) is 9.34. The van der Waals surface area contributed by atoms with Crippen LogP contribution in [-0.4, -0.2) is 24.0 Å². The van der Waals surface area contributed by atoms with E-state index in [9.17, 15) is 14.7 Å². The molecule has 1 aromatic rings. The Balaban J connectivity index is 3.03. The van der Waals surface area contributed by atoms with Crippen molar-refractivity contribution in [3.05, 3.63) is 29.8 Å². The van der Waals surface area contributed by atoms with Crippen molar-refractivity contribution in [1.29, 1.82) is 0 Å². The molecule has 0 saturated heterocycles. The lowest BCUT2D eigenvalue weighted by molar-refractivity contribution is -0.156. The highest BCUT2D eigenvalue weighted by atomic mass is 16.5. The average Bonchev–Trinajstić information content (AvgIpc) is 2.27. The molecule has 4 nitrogen and oxygen atoms in total. The van der Waals surface area contributed by atoms with Crippen LogP contribution >= 0.6 is 0 Å². The molecule has 0 heterocycles. The smallest absolute Gasteiger partial charge is 0.319 e. The Morgan fingerprint density at radius 3 is 2.53 bits per heavy atom. The number of ketones is 1. The third kappa shape index (κ3) is 2.84. The van der Waals surface area contributed by atoms with E-state index in [0.29, 0.717) is 5.56 Å². The molecular weight excluding hydrogens is 220 g/mol. The molecule has 0 aliphatic heterocycles. The largest absolute Gasteiger partial charge is 0.508 e. The van der Waals surface area contributed by atoms with Crippen LogP contribution in [-0.2, 0) is 20.7 Å². The van der Waals surface area contributed by atoms with E-state index in [2.05, 4.69) is 4.74 Å². The summed E-state index contributed by atoms with van der Waals surface area (Å²) in [6.45, 7) is 2.91. The molecule has 4 heteroatoms. The van der Waals surface area contributed by atoms with Crippen LogP contribution in [0.25, 0.3) is 0 Å². The highest BCUT2D eigenvalue weighted by Crippen LogP contribution is 2.26. The molecule has 0 aliphatic rings. The zero-order valence-corrected chi connectivity index (χ0v) is 10.2. The molecule has 1 aromatic carbocycles. The summed E-state index contributed by atoms with van der Waals surface area (Å²) in [7, 11) is 1.26. The van der Waals surface area contributed by atoms with E-state index < -0.39 is 11.4 Å². The lowest BCUT2D eigenvalue weighted by atomic mass is 9.80. The number of phenols is 1. The number of esters is 1. The first kappa shape index (κ1) is 13.2. The highest BCUT2D eigenvalue weighted by Gasteiger charge is 2.39. The van der Waals surface area contributed by atoms with E-state index in [4.69, 9.17) is 0 Å². The van der Waals surface area contributed by atoms with E-state index in [1.165, 1.54) is 26.2 Å². The Labute approximate surface area is 100 Å². The third-order valence-corrected chi connectivity index (χ3v) is 2.88. The number of hydrogen-bond donors (Lipinski definition) is 1. The van der Waals surface area contributed by atoms with Gasteiger partial charge in [-0.1, -0.05) is 12.1 Å². The van der Waals surface area contributed by atoms with Crippen LogP contribution in [0.4, 0.5) is 0 Å². The topological polar surface area (TPSA) is 63.6 Å². The first-order chi connectivity index (χ1) is 7.90. The van der Waals surface area contributed by atoms with Crippen molar-refractivity contribution in [2.45, 2.75) is 20.3 Å². The minimum absolute atomic E-state index is 0.110. The van der Waals surface area contributed by atoms with E-state index >= 15 is 0 Å². The fourth-order valence-electron chi connectivity index (χ4n) is 1.64. The van der Waals surface area contributed by atoms with Gasteiger partial charge in [-0.15, -0.1) is 0 Å². The van der Waals surface area contributed by atoms with Crippen LogP contribution in [0.1, 0.15) is 19.4 Å². The minimum Gasteiger partial charge on any atom is -0.508 e. The molecule has 1 unspecified atom stereocenters. The van der Waals surface area contributed by atoms with Gasteiger partial charge < -0.3 is 9.84 Å². The second-order valence-corrected chi connectivity index (χ2v) is 4.23. The standard InChI is InChI=1S/C13H16O4/c1-9(14)13(2,12(16)17-3)8-10-5-4-6-11(15)7-10/h4-7,15H,8H2,1-3H3. The predicted molar refractivity (Wildman–Crippen MR) is 62.6 cm³/mol. The van der Waals surface area contributed by atoms with Crippen LogP contribution in [0.2, 0.25) is 0 Å².